The van der Waals surface area contributed by atoms with Gasteiger partial charge >= 0.3 is 6.18 Å². The second kappa shape index (κ2) is 11.0. The van der Waals surface area contributed by atoms with Gasteiger partial charge in [-0.2, -0.15) is 13.2 Å². The van der Waals surface area contributed by atoms with Crippen molar-refractivity contribution in [3.05, 3.63) is 54.1 Å². The molecule has 2 rings (SSSR count). The molecular weight excluding hydrogens is 458 g/mol. The molecule has 2 aromatic rings. The van der Waals surface area contributed by atoms with Crippen LogP contribution in [0.3, 0.4) is 0 Å². The lowest BCUT2D eigenvalue weighted by Gasteiger charge is -2.12. The number of alkyl halides is 3. The predicted molar refractivity (Wildman–Crippen MR) is 107 cm³/mol. The molecule has 0 fully saturated rings. The normalized spacial score (nSPS) is 11.8. The fourth-order valence-corrected chi connectivity index (χ4v) is 2.18. The Kier molecular flexibility index (Phi) is 9.46. The minimum Gasteiger partial charge on any atom is -0.357 e. The molecule has 0 aliphatic heterocycles. The lowest BCUT2D eigenvalue weighted by Crippen LogP contribution is -2.38. The van der Waals surface area contributed by atoms with Crippen LogP contribution in [0.2, 0.25) is 0 Å². The molecule has 1 aromatic heterocycles. The number of hydrogen-bond donors (Lipinski definition) is 2. The van der Waals surface area contributed by atoms with Gasteiger partial charge in [-0.3, -0.25) is 0 Å². The molecule has 0 saturated carbocycles. The van der Waals surface area contributed by atoms with Gasteiger partial charge in [0.15, 0.2) is 5.96 Å². The summed E-state index contributed by atoms with van der Waals surface area (Å²) < 4.78 is 38.6. The average molecular weight is 481 g/mol. The van der Waals surface area contributed by atoms with Gasteiger partial charge in [-0.25, -0.2) is 9.98 Å². The Morgan fingerprint density at radius 3 is 2.42 bits per heavy atom. The summed E-state index contributed by atoms with van der Waals surface area (Å²) in [6, 6.07) is 7.95. The quantitative estimate of drug-likeness (QED) is 0.362. The summed E-state index contributed by atoms with van der Waals surface area (Å²) in [5.74, 6) is 0.384. The number of aromatic nitrogens is 2. The van der Waals surface area contributed by atoms with E-state index < -0.39 is 12.6 Å². The zero-order chi connectivity index (χ0) is 18.1. The van der Waals surface area contributed by atoms with Gasteiger partial charge in [0.05, 0.1) is 19.3 Å². The molecule has 0 saturated heterocycles. The molecule has 5 nitrogen and oxygen atoms in total. The number of halogens is 4. The fraction of sp³-hybridized carbons (Fsp3) is 0.412. The predicted octanol–water partition coefficient (Wildman–Crippen LogP) is 3.56. The maximum Gasteiger partial charge on any atom is 0.390 e. The van der Waals surface area contributed by atoms with Crippen LogP contribution in [0, 0.1) is 0 Å². The van der Waals surface area contributed by atoms with Crippen molar-refractivity contribution in [2.75, 3.05) is 13.1 Å². The number of imidazole rings is 1. The van der Waals surface area contributed by atoms with Gasteiger partial charge in [0.1, 0.15) is 0 Å². The summed E-state index contributed by atoms with van der Waals surface area (Å²) >= 11 is 0. The van der Waals surface area contributed by atoms with Crippen molar-refractivity contribution in [3.63, 3.8) is 0 Å². The van der Waals surface area contributed by atoms with E-state index in [2.05, 4.69) is 20.6 Å². The molecule has 0 atom stereocenters. The standard InChI is InChI=1S/C17H22F3N5.HI/c1-2-22-16(23-8-7-17(18,19)20)24-11-14-3-5-15(6-4-14)12-25-10-9-21-13-25;/h3-6,9-10,13H,2,7-8,11-12H2,1H3,(H2,22,23,24);1H. The molecule has 0 unspecified atom stereocenters. The first-order valence-corrected chi connectivity index (χ1v) is 8.09. The van der Waals surface area contributed by atoms with E-state index in [1.807, 2.05) is 42.0 Å². The van der Waals surface area contributed by atoms with Crippen LogP contribution in [0.15, 0.2) is 48.0 Å². The van der Waals surface area contributed by atoms with Gasteiger partial charge in [-0.15, -0.1) is 24.0 Å². The molecule has 0 radical (unpaired) electrons. The Labute approximate surface area is 168 Å². The van der Waals surface area contributed by atoms with Gasteiger partial charge in [-0.1, -0.05) is 24.3 Å². The summed E-state index contributed by atoms with van der Waals surface area (Å²) in [4.78, 5) is 8.32. The van der Waals surface area contributed by atoms with Gasteiger partial charge in [0, 0.05) is 32.0 Å². The number of benzene rings is 1. The first kappa shape index (κ1) is 22.3. The first-order valence-electron chi connectivity index (χ1n) is 8.09. The lowest BCUT2D eigenvalue weighted by molar-refractivity contribution is -0.132. The zero-order valence-corrected chi connectivity index (χ0v) is 16.8. The Morgan fingerprint density at radius 1 is 1.15 bits per heavy atom. The van der Waals surface area contributed by atoms with Crippen LogP contribution in [0.5, 0.6) is 0 Å². The van der Waals surface area contributed by atoms with Gasteiger partial charge in [0.25, 0.3) is 0 Å². The highest BCUT2D eigenvalue weighted by Crippen LogP contribution is 2.18. The molecule has 1 aromatic carbocycles. The van der Waals surface area contributed by atoms with Gasteiger partial charge < -0.3 is 15.2 Å². The number of nitrogens with one attached hydrogen (secondary N) is 2. The number of hydrogen-bond acceptors (Lipinski definition) is 2. The molecule has 9 heteroatoms. The van der Waals surface area contributed by atoms with Crippen LogP contribution < -0.4 is 10.6 Å². The highest BCUT2D eigenvalue weighted by atomic mass is 127. The highest BCUT2D eigenvalue weighted by molar-refractivity contribution is 14.0. The summed E-state index contributed by atoms with van der Waals surface area (Å²) in [5, 5.41) is 5.64. The van der Waals surface area contributed by atoms with Crippen LogP contribution in [-0.2, 0) is 13.1 Å². The molecule has 0 bridgehead atoms. The Morgan fingerprint density at radius 2 is 1.85 bits per heavy atom. The average Bonchev–Trinajstić information content (AvgIpc) is 3.06. The number of aliphatic imine (C=N–C) groups is 1. The molecule has 1 heterocycles. The van der Waals surface area contributed by atoms with E-state index in [1.54, 1.807) is 12.5 Å². The number of guanidine groups is 1. The number of rotatable bonds is 7. The van der Waals surface area contributed by atoms with E-state index >= 15 is 0 Å². The van der Waals surface area contributed by atoms with Gasteiger partial charge in [-0.05, 0) is 18.1 Å². The van der Waals surface area contributed by atoms with Crippen molar-refractivity contribution >= 4 is 29.9 Å². The van der Waals surface area contributed by atoms with Crippen LogP contribution in [0.1, 0.15) is 24.5 Å². The largest absolute Gasteiger partial charge is 0.390 e. The maximum atomic E-state index is 12.2. The second-order valence-corrected chi connectivity index (χ2v) is 5.54. The Balaban J connectivity index is 0.00000338. The molecule has 2 N–H and O–H groups in total. The molecule has 0 aliphatic carbocycles. The van der Waals surface area contributed by atoms with E-state index in [0.717, 1.165) is 17.7 Å². The molecule has 0 amide bonds. The third-order valence-corrected chi connectivity index (χ3v) is 3.41. The van der Waals surface area contributed by atoms with E-state index in [0.29, 0.717) is 19.0 Å². The maximum absolute atomic E-state index is 12.2. The number of nitrogens with zero attached hydrogens (tertiary/aromatic N) is 3. The summed E-state index contributed by atoms with van der Waals surface area (Å²) in [6.07, 6.45) is 0.327. The highest BCUT2D eigenvalue weighted by Gasteiger charge is 2.26. The summed E-state index contributed by atoms with van der Waals surface area (Å²) in [6.45, 7) is 3.39. The molecule has 0 aliphatic rings. The topological polar surface area (TPSA) is 54.2 Å². The third-order valence-electron chi connectivity index (χ3n) is 3.41. The Hall–Kier alpha value is -1.78. The van der Waals surface area contributed by atoms with Crippen molar-refractivity contribution in [2.45, 2.75) is 32.6 Å². The van der Waals surface area contributed by atoms with Crippen LogP contribution in [0.25, 0.3) is 0 Å². The third kappa shape index (κ3) is 8.54. The molecule has 0 spiro atoms. The summed E-state index contributed by atoms with van der Waals surface area (Å²) in [5.41, 5.74) is 2.13. The monoisotopic (exact) mass is 481 g/mol. The SMILES string of the molecule is CCNC(=NCc1ccc(Cn2ccnc2)cc1)NCCC(F)(F)F.I. The molecule has 26 heavy (non-hydrogen) atoms. The molecular formula is C17H23F3IN5. The van der Waals surface area contributed by atoms with Crippen molar-refractivity contribution in [2.24, 2.45) is 4.99 Å². The minimum atomic E-state index is -4.17. The van der Waals surface area contributed by atoms with E-state index in [4.69, 9.17) is 0 Å². The van der Waals surface area contributed by atoms with E-state index in [-0.39, 0.29) is 30.5 Å². The second-order valence-electron chi connectivity index (χ2n) is 5.54. The minimum absolute atomic E-state index is 0. The van der Waals surface area contributed by atoms with Crippen molar-refractivity contribution in [3.8, 4) is 0 Å². The van der Waals surface area contributed by atoms with E-state index in [9.17, 15) is 13.2 Å². The van der Waals surface area contributed by atoms with Crippen LogP contribution in [-0.4, -0.2) is 34.8 Å². The summed E-state index contributed by atoms with van der Waals surface area (Å²) in [7, 11) is 0. The first-order chi connectivity index (χ1) is 12.0. The van der Waals surface area contributed by atoms with Gasteiger partial charge in [0.2, 0.25) is 0 Å². The van der Waals surface area contributed by atoms with Crippen molar-refractivity contribution in [1.29, 1.82) is 0 Å². The Bertz CT molecular complexity index is 654. The van der Waals surface area contributed by atoms with Crippen LogP contribution >= 0.6 is 24.0 Å². The van der Waals surface area contributed by atoms with Crippen molar-refractivity contribution < 1.29 is 13.2 Å². The van der Waals surface area contributed by atoms with E-state index in [1.165, 1.54) is 0 Å². The van der Waals surface area contributed by atoms with Crippen molar-refractivity contribution in [1.82, 2.24) is 20.2 Å². The smallest absolute Gasteiger partial charge is 0.357 e. The zero-order valence-electron chi connectivity index (χ0n) is 14.5. The fourth-order valence-electron chi connectivity index (χ4n) is 2.18. The van der Waals surface area contributed by atoms with Crippen LogP contribution in [0.4, 0.5) is 13.2 Å². The molecule has 144 valence electrons. The lowest BCUT2D eigenvalue weighted by atomic mass is 10.1.